The molecule has 7 nitrogen and oxygen atoms in total. The van der Waals surface area contributed by atoms with Crippen molar-refractivity contribution in [2.45, 2.75) is 19.3 Å². The molecule has 0 spiro atoms. The van der Waals surface area contributed by atoms with Gasteiger partial charge in [0.05, 0.1) is 11.6 Å². The fourth-order valence-electron chi connectivity index (χ4n) is 2.87. The number of carboxylic acids is 1. The van der Waals surface area contributed by atoms with Gasteiger partial charge in [-0.1, -0.05) is 24.3 Å². The SMILES string of the molecule is O=C(O)Cn1cc(C(=O)N[C@@H](c2ccc(CF)cc2)c2ncccc2F)ccc1=O. The maximum absolute atomic E-state index is 14.4. The van der Waals surface area contributed by atoms with Crippen molar-refractivity contribution in [2.24, 2.45) is 0 Å². The van der Waals surface area contributed by atoms with Crippen LogP contribution in [0.25, 0.3) is 0 Å². The fraction of sp³-hybridized carbons (Fsp3) is 0.143. The summed E-state index contributed by atoms with van der Waals surface area (Å²) < 4.78 is 28.1. The average molecular weight is 413 g/mol. The van der Waals surface area contributed by atoms with E-state index in [4.69, 9.17) is 5.11 Å². The Morgan fingerprint density at radius 2 is 1.87 bits per heavy atom. The quantitative estimate of drug-likeness (QED) is 0.620. The molecule has 0 radical (unpaired) electrons. The molecular formula is C21H17F2N3O4. The number of halogens is 2. The van der Waals surface area contributed by atoms with Gasteiger partial charge >= 0.3 is 5.97 Å². The van der Waals surface area contributed by atoms with Gasteiger partial charge < -0.3 is 15.0 Å². The Bertz CT molecular complexity index is 1130. The molecule has 1 amide bonds. The van der Waals surface area contributed by atoms with Crippen molar-refractivity contribution in [1.29, 1.82) is 0 Å². The van der Waals surface area contributed by atoms with Gasteiger partial charge in [-0.25, -0.2) is 8.78 Å². The highest BCUT2D eigenvalue weighted by atomic mass is 19.1. The van der Waals surface area contributed by atoms with Gasteiger partial charge in [-0.05, 0) is 29.3 Å². The van der Waals surface area contributed by atoms with E-state index >= 15 is 0 Å². The van der Waals surface area contributed by atoms with Gasteiger partial charge in [0, 0.05) is 18.5 Å². The van der Waals surface area contributed by atoms with Gasteiger partial charge in [0.2, 0.25) is 0 Å². The van der Waals surface area contributed by atoms with Crippen LogP contribution in [0.15, 0.2) is 65.7 Å². The largest absolute Gasteiger partial charge is 0.480 e. The number of hydrogen-bond donors (Lipinski definition) is 2. The van der Waals surface area contributed by atoms with Crippen molar-refractivity contribution < 1.29 is 23.5 Å². The molecule has 9 heteroatoms. The first kappa shape index (κ1) is 20.8. The van der Waals surface area contributed by atoms with Crippen molar-refractivity contribution in [1.82, 2.24) is 14.9 Å². The molecule has 3 aromatic rings. The Morgan fingerprint density at radius 1 is 1.13 bits per heavy atom. The Balaban J connectivity index is 1.97. The van der Waals surface area contributed by atoms with E-state index in [1.165, 1.54) is 36.5 Å². The van der Waals surface area contributed by atoms with Crippen molar-refractivity contribution in [3.05, 3.63) is 99.5 Å². The number of alkyl halides is 1. The molecule has 0 saturated heterocycles. The normalized spacial score (nSPS) is 11.7. The monoisotopic (exact) mass is 413 g/mol. The lowest BCUT2D eigenvalue weighted by Gasteiger charge is -2.20. The summed E-state index contributed by atoms with van der Waals surface area (Å²) in [5.41, 5.74) is 0.279. The van der Waals surface area contributed by atoms with Gasteiger partial charge in [-0.3, -0.25) is 19.4 Å². The Labute approximate surface area is 169 Å². The number of rotatable bonds is 7. The summed E-state index contributed by atoms with van der Waals surface area (Å²) in [6.07, 6.45) is 2.49. The number of hydrogen-bond acceptors (Lipinski definition) is 4. The molecule has 0 unspecified atom stereocenters. The lowest BCUT2D eigenvalue weighted by molar-refractivity contribution is -0.137. The van der Waals surface area contributed by atoms with Crippen molar-refractivity contribution in [3.8, 4) is 0 Å². The maximum atomic E-state index is 14.4. The second kappa shape index (κ2) is 9.08. The molecule has 30 heavy (non-hydrogen) atoms. The molecule has 3 rings (SSSR count). The van der Waals surface area contributed by atoms with Crippen LogP contribution >= 0.6 is 0 Å². The van der Waals surface area contributed by atoms with Crippen molar-refractivity contribution >= 4 is 11.9 Å². The van der Waals surface area contributed by atoms with Gasteiger partial charge in [0.15, 0.2) is 0 Å². The zero-order valence-electron chi connectivity index (χ0n) is 15.6. The number of pyridine rings is 2. The van der Waals surface area contributed by atoms with Crippen LogP contribution in [0.4, 0.5) is 8.78 Å². The summed E-state index contributed by atoms with van der Waals surface area (Å²) in [6, 6.07) is 10.1. The van der Waals surface area contributed by atoms with Crippen LogP contribution in [0.1, 0.15) is 33.2 Å². The van der Waals surface area contributed by atoms with E-state index < -0.39 is 42.5 Å². The molecule has 1 aromatic carbocycles. The number of carbonyl (C=O) groups is 2. The third-order valence-electron chi connectivity index (χ3n) is 4.35. The third-order valence-corrected chi connectivity index (χ3v) is 4.35. The summed E-state index contributed by atoms with van der Waals surface area (Å²) in [6.45, 7) is -1.27. The smallest absolute Gasteiger partial charge is 0.323 e. The predicted octanol–water partition coefficient (Wildman–Crippen LogP) is 2.46. The van der Waals surface area contributed by atoms with Gasteiger partial charge in [0.1, 0.15) is 24.7 Å². The highest BCUT2D eigenvalue weighted by Crippen LogP contribution is 2.24. The number of benzene rings is 1. The lowest BCUT2D eigenvalue weighted by atomic mass is 10.0. The van der Waals surface area contributed by atoms with Crippen LogP contribution in [-0.4, -0.2) is 26.5 Å². The highest BCUT2D eigenvalue weighted by molar-refractivity contribution is 5.94. The number of nitrogens with zero attached hydrogens (tertiary/aromatic N) is 2. The first-order valence-corrected chi connectivity index (χ1v) is 8.87. The fourth-order valence-corrected chi connectivity index (χ4v) is 2.87. The Kier molecular flexibility index (Phi) is 6.31. The molecule has 0 aliphatic rings. The number of carboxylic acid groups (broad SMARTS) is 1. The minimum absolute atomic E-state index is 0.0116. The summed E-state index contributed by atoms with van der Waals surface area (Å²) >= 11 is 0. The standard InChI is InChI=1S/C21H17F2N3O4/c22-10-13-3-5-14(6-4-13)19(20-16(23)2-1-9-24-20)25-21(30)15-7-8-17(27)26(11-15)12-18(28)29/h1-9,11,19H,10,12H2,(H,25,30)(H,28,29)/t19-/m0/s1. The van der Waals surface area contributed by atoms with Gasteiger partial charge in [0.25, 0.3) is 11.5 Å². The van der Waals surface area contributed by atoms with E-state index in [0.717, 1.165) is 16.8 Å². The second-order valence-corrected chi connectivity index (χ2v) is 6.43. The minimum atomic E-state index is -1.24. The van der Waals surface area contributed by atoms with E-state index in [9.17, 15) is 23.2 Å². The first-order chi connectivity index (χ1) is 14.4. The zero-order valence-corrected chi connectivity index (χ0v) is 15.6. The molecule has 154 valence electrons. The zero-order chi connectivity index (χ0) is 21.7. The lowest BCUT2D eigenvalue weighted by Crippen LogP contribution is -2.32. The summed E-state index contributed by atoms with van der Waals surface area (Å²) in [4.78, 5) is 39.5. The molecule has 2 heterocycles. The number of nitrogens with one attached hydrogen (secondary N) is 1. The Hall–Kier alpha value is -3.88. The molecule has 1 atom stereocenters. The van der Waals surface area contributed by atoms with Gasteiger partial charge in [-0.2, -0.15) is 0 Å². The molecule has 0 aliphatic heterocycles. The second-order valence-electron chi connectivity index (χ2n) is 6.43. The van der Waals surface area contributed by atoms with E-state index in [1.807, 2.05) is 0 Å². The number of aromatic nitrogens is 2. The molecular weight excluding hydrogens is 396 g/mol. The number of carbonyl (C=O) groups excluding carboxylic acids is 1. The molecule has 2 aromatic heterocycles. The van der Waals surface area contributed by atoms with Crippen molar-refractivity contribution in [2.75, 3.05) is 0 Å². The summed E-state index contributed by atoms with van der Waals surface area (Å²) in [7, 11) is 0. The molecule has 0 saturated carbocycles. The highest BCUT2D eigenvalue weighted by Gasteiger charge is 2.22. The molecule has 0 bridgehead atoms. The third kappa shape index (κ3) is 4.75. The predicted molar refractivity (Wildman–Crippen MR) is 103 cm³/mol. The topological polar surface area (TPSA) is 101 Å². The van der Waals surface area contributed by atoms with Crippen LogP contribution in [0, 0.1) is 5.82 Å². The first-order valence-electron chi connectivity index (χ1n) is 8.87. The van der Waals surface area contributed by atoms with Gasteiger partial charge in [-0.15, -0.1) is 0 Å². The minimum Gasteiger partial charge on any atom is -0.480 e. The van der Waals surface area contributed by atoms with E-state index in [0.29, 0.717) is 11.1 Å². The van der Waals surface area contributed by atoms with Crippen molar-refractivity contribution in [3.63, 3.8) is 0 Å². The van der Waals surface area contributed by atoms with Crippen LogP contribution in [0.3, 0.4) is 0 Å². The average Bonchev–Trinajstić information content (AvgIpc) is 2.74. The number of aliphatic carboxylic acids is 1. The van der Waals surface area contributed by atoms with Crippen LogP contribution in [-0.2, 0) is 18.0 Å². The molecule has 0 fully saturated rings. The van der Waals surface area contributed by atoms with E-state index in [1.54, 1.807) is 12.1 Å². The van der Waals surface area contributed by atoms with Crippen LogP contribution in [0.2, 0.25) is 0 Å². The van der Waals surface area contributed by atoms with Crippen LogP contribution < -0.4 is 10.9 Å². The molecule has 2 N–H and O–H groups in total. The van der Waals surface area contributed by atoms with E-state index in [-0.39, 0.29) is 11.3 Å². The summed E-state index contributed by atoms with van der Waals surface area (Å²) in [5, 5.41) is 11.5. The van der Waals surface area contributed by atoms with Crippen LogP contribution in [0.5, 0.6) is 0 Å². The number of amides is 1. The summed E-state index contributed by atoms with van der Waals surface area (Å²) in [5.74, 6) is -2.55. The van der Waals surface area contributed by atoms with E-state index in [2.05, 4.69) is 10.3 Å². The molecule has 0 aliphatic carbocycles. The Morgan fingerprint density at radius 3 is 2.50 bits per heavy atom. The maximum Gasteiger partial charge on any atom is 0.323 e.